The van der Waals surface area contributed by atoms with E-state index in [1.165, 1.54) is 6.07 Å². The Kier molecular flexibility index (Phi) is 2.38. The van der Waals surface area contributed by atoms with Crippen LogP contribution in [-0.2, 0) is 4.79 Å². The Hall–Kier alpha value is -1.89. The molecule has 0 atom stereocenters. The van der Waals surface area contributed by atoms with Crippen LogP contribution in [0.3, 0.4) is 0 Å². The maximum atomic E-state index is 12.6. The summed E-state index contributed by atoms with van der Waals surface area (Å²) >= 11 is 0. The Labute approximate surface area is 68.4 Å². The number of nitriles is 1. The van der Waals surface area contributed by atoms with Crippen molar-refractivity contribution in [1.29, 1.82) is 5.26 Å². The summed E-state index contributed by atoms with van der Waals surface area (Å²) in [5, 5.41) is 10.7. The van der Waals surface area contributed by atoms with Crippen LogP contribution in [0, 0.1) is 17.1 Å². The van der Waals surface area contributed by atoms with Gasteiger partial charge in [0.25, 0.3) is 0 Å². The van der Waals surface area contributed by atoms with E-state index in [0.717, 1.165) is 12.1 Å². The number of benzene rings is 1. The lowest BCUT2D eigenvalue weighted by Gasteiger charge is -1.98. The molecule has 12 heavy (non-hydrogen) atoms. The van der Waals surface area contributed by atoms with Crippen molar-refractivity contribution in [3.8, 4) is 6.07 Å². The van der Waals surface area contributed by atoms with E-state index in [2.05, 4.69) is 5.32 Å². The van der Waals surface area contributed by atoms with E-state index in [1.54, 1.807) is 6.07 Å². The molecule has 3 nitrogen and oxygen atoms in total. The van der Waals surface area contributed by atoms with Crippen LogP contribution in [0.15, 0.2) is 18.2 Å². The Bertz CT molecular complexity index is 343. The quantitative estimate of drug-likeness (QED) is 0.669. The molecule has 0 radical (unpaired) electrons. The first-order chi connectivity index (χ1) is 5.76. The molecule has 0 aromatic heterocycles. The lowest BCUT2D eigenvalue weighted by Crippen LogP contribution is -1.94. The van der Waals surface area contributed by atoms with Crippen molar-refractivity contribution in [2.24, 2.45) is 0 Å². The highest BCUT2D eigenvalue weighted by Gasteiger charge is 1.98. The van der Waals surface area contributed by atoms with Crippen LogP contribution < -0.4 is 5.32 Å². The minimum atomic E-state index is -0.543. The molecular weight excluding hydrogens is 159 g/mol. The number of nitrogens with one attached hydrogen (secondary N) is 1. The van der Waals surface area contributed by atoms with Crippen molar-refractivity contribution in [2.75, 3.05) is 5.32 Å². The third kappa shape index (κ3) is 1.80. The fraction of sp³-hybridized carbons (Fsp3) is 0. The number of amides is 1. The third-order valence-corrected chi connectivity index (χ3v) is 1.25. The summed E-state index contributed by atoms with van der Waals surface area (Å²) in [4.78, 5) is 9.97. The number of nitrogens with zero attached hydrogens (tertiary/aromatic N) is 1. The second-order valence-corrected chi connectivity index (χ2v) is 2.10. The summed E-state index contributed by atoms with van der Waals surface area (Å²) in [5.41, 5.74) is 0.459. The second-order valence-electron chi connectivity index (χ2n) is 2.10. The molecule has 1 aromatic carbocycles. The van der Waals surface area contributed by atoms with Crippen LogP contribution >= 0.6 is 0 Å². The molecule has 1 aromatic rings. The summed E-state index contributed by atoms with van der Waals surface area (Å²) in [6.07, 6.45) is 0.427. The van der Waals surface area contributed by atoms with Crippen LogP contribution in [0.2, 0.25) is 0 Å². The predicted octanol–water partition coefficient (Wildman–Crippen LogP) is 1.27. The predicted molar refractivity (Wildman–Crippen MR) is 40.8 cm³/mol. The summed E-state index contributed by atoms with van der Waals surface area (Å²) in [6, 6.07) is 5.38. The van der Waals surface area contributed by atoms with Gasteiger partial charge in [0.2, 0.25) is 6.41 Å². The maximum absolute atomic E-state index is 12.6. The summed E-state index contributed by atoms with van der Waals surface area (Å²) in [7, 11) is 0. The van der Waals surface area contributed by atoms with E-state index in [-0.39, 0.29) is 11.3 Å². The van der Waals surface area contributed by atoms with Gasteiger partial charge in [-0.05, 0) is 18.2 Å². The lowest BCUT2D eigenvalue weighted by atomic mass is 10.2. The largest absolute Gasteiger partial charge is 0.329 e. The SMILES string of the molecule is N#Cc1cc(F)cc(NC=O)c1. The van der Waals surface area contributed by atoms with Crippen LogP contribution in [0.1, 0.15) is 5.56 Å². The van der Waals surface area contributed by atoms with Crippen molar-refractivity contribution in [3.05, 3.63) is 29.6 Å². The van der Waals surface area contributed by atoms with Gasteiger partial charge in [0.1, 0.15) is 5.82 Å². The van der Waals surface area contributed by atoms with Crippen LogP contribution in [-0.4, -0.2) is 6.41 Å². The van der Waals surface area contributed by atoms with Crippen molar-refractivity contribution in [1.82, 2.24) is 0 Å². The van der Waals surface area contributed by atoms with E-state index >= 15 is 0 Å². The fourth-order valence-electron chi connectivity index (χ4n) is 0.806. The highest BCUT2D eigenvalue weighted by atomic mass is 19.1. The molecule has 1 rings (SSSR count). The molecule has 1 N–H and O–H groups in total. The van der Waals surface area contributed by atoms with Gasteiger partial charge in [-0.1, -0.05) is 0 Å². The van der Waals surface area contributed by atoms with Gasteiger partial charge in [0, 0.05) is 5.69 Å². The number of carbonyl (C=O) groups is 1. The van der Waals surface area contributed by atoms with E-state index in [4.69, 9.17) is 5.26 Å². The Balaban J connectivity index is 3.07. The van der Waals surface area contributed by atoms with Crippen molar-refractivity contribution in [2.45, 2.75) is 0 Å². The first-order valence-corrected chi connectivity index (χ1v) is 3.17. The molecule has 0 aliphatic carbocycles. The number of halogens is 1. The van der Waals surface area contributed by atoms with Gasteiger partial charge in [-0.2, -0.15) is 5.26 Å². The van der Waals surface area contributed by atoms with Gasteiger partial charge in [0.05, 0.1) is 11.6 Å². The zero-order chi connectivity index (χ0) is 8.97. The third-order valence-electron chi connectivity index (χ3n) is 1.25. The zero-order valence-electron chi connectivity index (χ0n) is 6.04. The number of hydrogen-bond acceptors (Lipinski definition) is 2. The van der Waals surface area contributed by atoms with E-state index < -0.39 is 5.82 Å². The van der Waals surface area contributed by atoms with Crippen LogP contribution in [0.25, 0.3) is 0 Å². The molecule has 0 saturated carbocycles. The van der Waals surface area contributed by atoms with E-state index in [9.17, 15) is 9.18 Å². The fourth-order valence-corrected chi connectivity index (χ4v) is 0.806. The molecule has 0 aliphatic rings. The average Bonchev–Trinajstić information content (AvgIpc) is 2.04. The lowest BCUT2D eigenvalue weighted by molar-refractivity contribution is -0.105. The van der Waals surface area contributed by atoms with Crippen molar-refractivity contribution >= 4 is 12.1 Å². The normalized spacial score (nSPS) is 8.67. The summed E-state index contributed by atoms with van der Waals surface area (Å²) < 4.78 is 12.6. The minimum Gasteiger partial charge on any atom is -0.329 e. The topological polar surface area (TPSA) is 52.9 Å². The molecule has 0 heterocycles. The van der Waals surface area contributed by atoms with Crippen molar-refractivity contribution in [3.63, 3.8) is 0 Å². The van der Waals surface area contributed by atoms with E-state index in [1.807, 2.05) is 0 Å². The Morgan fingerprint density at radius 3 is 2.83 bits per heavy atom. The molecule has 0 fully saturated rings. The highest BCUT2D eigenvalue weighted by molar-refractivity contribution is 5.71. The minimum absolute atomic E-state index is 0.180. The number of rotatable bonds is 2. The molecule has 0 bridgehead atoms. The molecular formula is C8H5FN2O. The van der Waals surface area contributed by atoms with Crippen molar-refractivity contribution < 1.29 is 9.18 Å². The first-order valence-electron chi connectivity index (χ1n) is 3.17. The number of hydrogen-bond donors (Lipinski definition) is 1. The van der Waals surface area contributed by atoms with Gasteiger partial charge in [-0.15, -0.1) is 0 Å². The van der Waals surface area contributed by atoms with Gasteiger partial charge in [0.15, 0.2) is 0 Å². The maximum Gasteiger partial charge on any atom is 0.211 e. The smallest absolute Gasteiger partial charge is 0.211 e. The zero-order valence-corrected chi connectivity index (χ0v) is 6.04. The molecule has 60 valence electrons. The molecule has 0 aliphatic heterocycles. The van der Waals surface area contributed by atoms with Gasteiger partial charge < -0.3 is 5.32 Å². The first kappa shape index (κ1) is 8.21. The van der Waals surface area contributed by atoms with Gasteiger partial charge >= 0.3 is 0 Å². The molecule has 0 unspecified atom stereocenters. The average molecular weight is 164 g/mol. The highest BCUT2D eigenvalue weighted by Crippen LogP contribution is 2.12. The molecule has 0 spiro atoms. The van der Waals surface area contributed by atoms with Gasteiger partial charge in [-0.3, -0.25) is 4.79 Å². The van der Waals surface area contributed by atoms with Crippen LogP contribution in [0.4, 0.5) is 10.1 Å². The molecule has 4 heteroatoms. The summed E-state index contributed by atoms with van der Waals surface area (Å²) in [5.74, 6) is -0.543. The number of anilines is 1. The van der Waals surface area contributed by atoms with Crippen LogP contribution in [0.5, 0.6) is 0 Å². The van der Waals surface area contributed by atoms with Gasteiger partial charge in [-0.25, -0.2) is 4.39 Å². The molecule has 0 saturated heterocycles. The Morgan fingerprint density at radius 2 is 2.25 bits per heavy atom. The second kappa shape index (κ2) is 3.49. The number of carbonyl (C=O) groups excluding carboxylic acids is 1. The monoisotopic (exact) mass is 164 g/mol. The molecule has 1 amide bonds. The standard InChI is InChI=1S/C8H5FN2O/c9-7-1-6(4-10)2-8(3-7)11-5-12/h1-3,5H,(H,11,12). The summed E-state index contributed by atoms with van der Waals surface area (Å²) in [6.45, 7) is 0. The van der Waals surface area contributed by atoms with E-state index in [0.29, 0.717) is 6.41 Å². The Morgan fingerprint density at radius 1 is 1.50 bits per heavy atom.